The molecule has 0 saturated carbocycles. The van der Waals surface area contributed by atoms with Gasteiger partial charge in [-0.1, -0.05) is 30.3 Å². The minimum Gasteiger partial charge on any atom is -0.348 e. The van der Waals surface area contributed by atoms with Crippen LogP contribution >= 0.6 is 0 Å². The molecule has 0 bridgehead atoms. The number of aryl methyl sites for hydroxylation is 3. The predicted molar refractivity (Wildman–Crippen MR) is 108 cm³/mol. The Morgan fingerprint density at radius 2 is 2.04 bits per heavy atom. The van der Waals surface area contributed by atoms with E-state index in [2.05, 4.69) is 39.5 Å². The highest BCUT2D eigenvalue weighted by Crippen LogP contribution is 2.13. The first-order chi connectivity index (χ1) is 13.0. The number of rotatable bonds is 6. The largest absolute Gasteiger partial charge is 0.348 e. The highest BCUT2D eigenvalue weighted by atomic mass is 16.2. The van der Waals surface area contributed by atoms with E-state index < -0.39 is 0 Å². The molecule has 2 aromatic rings. The van der Waals surface area contributed by atoms with Crippen LogP contribution in [-0.2, 0) is 6.42 Å². The van der Waals surface area contributed by atoms with Gasteiger partial charge < -0.3 is 15.2 Å². The molecule has 1 fully saturated rings. The molecule has 3 rings (SSSR count). The summed E-state index contributed by atoms with van der Waals surface area (Å²) in [6, 6.07) is 12.3. The molecule has 27 heavy (non-hydrogen) atoms. The van der Waals surface area contributed by atoms with Crippen molar-refractivity contribution in [1.82, 2.24) is 15.2 Å². The molecule has 144 valence electrons. The first-order valence-corrected chi connectivity index (χ1v) is 9.80. The second-order valence-electron chi connectivity index (χ2n) is 7.52. The first kappa shape index (κ1) is 19.4. The second-order valence-corrected chi connectivity index (χ2v) is 7.52. The summed E-state index contributed by atoms with van der Waals surface area (Å²) < 4.78 is 0. The number of nitrogens with zero attached hydrogens (tertiary/aromatic N) is 1. The number of hydrogen-bond acceptors (Lipinski definition) is 3. The molecule has 2 N–H and O–H groups in total. The molecule has 1 saturated heterocycles. The first-order valence-electron chi connectivity index (χ1n) is 9.80. The van der Waals surface area contributed by atoms with Crippen molar-refractivity contribution in [2.24, 2.45) is 0 Å². The lowest BCUT2D eigenvalue weighted by Crippen LogP contribution is -2.48. The molecule has 1 aliphatic heterocycles. The van der Waals surface area contributed by atoms with E-state index >= 15 is 0 Å². The van der Waals surface area contributed by atoms with Crippen molar-refractivity contribution in [3.8, 4) is 0 Å². The molecule has 5 nitrogen and oxygen atoms in total. The van der Waals surface area contributed by atoms with Crippen LogP contribution in [0.1, 0.15) is 46.4 Å². The molecular formula is C22H29N3O2. The van der Waals surface area contributed by atoms with Gasteiger partial charge in [-0.15, -0.1) is 0 Å². The number of H-pyrrole nitrogens is 1. The van der Waals surface area contributed by atoms with Gasteiger partial charge in [-0.2, -0.15) is 0 Å². The Morgan fingerprint density at radius 1 is 1.26 bits per heavy atom. The number of benzene rings is 1. The number of likely N-dealkylation sites (tertiary alicyclic amines) is 1. The van der Waals surface area contributed by atoms with E-state index in [0.717, 1.165) is 56.6 Å². The fourth-order valence-electron chi connectivity index (χ4n) is 3.69. The van der Waals surface area contributed by atoms with E-state index in [1.54, 1.807) is 6.07 Å². The molecule has 1 aliphatic rings. The number of carbonyl (C=O) groups is 1. The Balaban J connectivity index is 1.51. The number of pyridine rings is 1. The summed E-state index contributed by atoms with van der Waals surface area (Å²) in [6.07, 6.45) is 4.22. The van der Waals surface area contributed by atoms with E-state index in [9.17, 15) is 9.59 Å². The summed E-state index contributed by atoms with van der Waals surface area (Å²) in [6.45, 7) is 6.70. The fraction of sp³-hybridized carbons (Fsp3) is 0.455. The van der Waals surface area contributed by atoms with Crippen LogP contribution in [0.4, 0.5) is 0 Å². The Labute approximate surface area is 160 Å². The zero-order valence-electron chi connectivity index (χ0n) is 16.3. The highest BCUT2D eigenvalue weighted by molar-refractivity contribution is 5.94. The lowest BCUT2D eigenvalue weighted by molar-refractivity contribution is 0.0901. The van der Waals surface area contributed by atoms with Crippen molar-refractivity contribution in [3.63, 3.8) is 0 Å². The number of aromatic nitrogens is 1. The zero-order valence-corrected chi connectivity index (χ0v) is 16.3. The van der Waals surface area contributed by atoms with Crippen LogP contribution in [-0.4, -0.2) is 41.5 Å². The third-order valence-corrected chi connectivity index (χ3v) is 5.37. The maximum atomic E-state index is 12.6. The van der Waals surface area contributed by atoms with E-state index in [1.807, 2.05) is 19.9 Å². The molecular weight excluding hydrogens is 338 g/mol. The maximum absolute atomic E-state index is 12.6. The predicted octanol–water partition coefficient (Wildman–Crippen LogP) is 2.82. The maximum Gasteiger partial charge on any atom is 0.261 e. The highest BCUT2D eigenvalue weighted by Gasteiger charge is 2.22. The summed E-state index contributed by atoms with van der Waals surface area (Å²) in [5, 5.41) is 3.06. The molecule has 0 radical (unpaired) electrons. The Hall–Kier alpha value is -2.40. The van der Waals surface area contributed by atoms with Crippen molar-refractivity contribution in [1.29, 1.82) is 0 Å². The molecule has 5 heteroatoms. The quantitative estimate of drug-likeness (QED) is 0.825. The summed E-state index contributed by atoms with van der Waals surface area (Å²) in [4.78, 5) is 29.8. The summed E-state index contributed by atoms with van der Waals surface area (Å²) >= 11 is 0. The van der Waals surface area contributed by atoms with Crippen LogP contribution in [0.5, 0.6) is 0 Å². The number of carbonyl (C=O) groups excluding carboxylic acids is 1. The third kappa shape index (κ3) is 5.30. The minimum atomic E-state index is -0.314. The van der Waals surface area contributed by atoms with Crippen molar-refractivity contribution in [2.45, 2.75) is 45.6 Å². The smallest absolute Gasteiger partial charge is 0.261 e. The monoisotopic (exact) mass is 367 g/mol. The van der Waals surface area contributed by atoms with Gasteiger partial charge in [0.05, 0.1) is 0 Å². The Bertz CT molecular complexity index is 829. The van der Waals surface area contributed by atoms with E-state index in [-0.39, 0.29) is 23.1 Å². The fourth-order valence-corrected chi connectivity index (χ4v) is 3.69. The molecule has 0 aliphatic carbocycles. The number of amides is 1. The van der Waals surface area contributed by atoms with Gasteiger partial charge in [-0.25, -0.2) is 0 Å². The molecule has 1 aromatic heterocycles. The normalized spacial score (nSPS) is 17.6. The molecule has 1 amide bonds. The van der Waals surface area contributed by atoms with Gasteiger partial charge in [-0.3, -0.25) is 9.59 Å². The number of aromatic amines is 1. The Kier molecular flexibility index (Phi) is 6.45. The van der Waals surface area contributed by atoms with Gasteiger partial charge >= 0.3 is 0 Å². The topological polar surface area (TPSA) is 65.2 Å². The van der Waals surface area contributed by atoms with Gasteiger partial charge in [0.25, 0.3) is 11.5 Å². The molecule has 1 aromatic carbocycles. The van der Waals surface area contributed by atoms with Gasteiger partial charge in [0, 0.05) is 18.3 Å². The summed E-state index contributed by atoms with van der Waals surface area (Å²) in [7, 11) is 0. The van der Waals surface area contributed by atoms with Gasteiger partial charge in [0.15, 0.2) is 0 Å². The van der Waals surface area contributed by atoms with E-state index in [4.69, 9.17) is 0 Å². The van der Waals surface area contributed by atoms with Crippen molar-refractivity contribution in [3.05, 3.63) is 69.1 Å². The summed E-state index contributed by atoms with van der Waals surface area (Å²) in [5.74, 6) is -0.268. The van der Waals surface area contributed by atoms with Crippen LogP contribution in [0.15, 0.2) is 41.2 Å². The van der Waals surface area contributed by atoms with Crippen molar-refractivity contribution in [2.75, 3.05) is 19.6 Å². The van der Waals surface area contributed by atoms with Crippen LogP contribution < -0.4 is 10.9 Å². The summed E-state index contributed by atoms with van der Waals surface area (Å²) in [5.41, 5.74) is 2.99. The van der Waals surface area contributed by atoms with Crippen molar-refractivity contribution >= 4 is 5.91 Å². The molecule has 0 unspecified atom stereocenters. The number of hydrogen-bond donors (Lipinski definition) is 2. The van der Waals surface area contributed by atoms with Crippen LogP contribution in [0.3, 0.4) is 0 Å². The van der Waals surface area contributed by atoms with Crippen molar-refractivity contribution < 1.29 is 4.79 Å². The van der Waals surface area contributed by atoms with Gasteiger partial charge in [0.2, 0.25) is 0 Å². The number of nitrogens with one attached hydrogen (secondary N) is 2. The molecule has 1 atom stereocenters. The Morgan fingerprint density at radius 3 is 2.81 bits per heavy atom. The minimum absolute atomic E-state index is 0.101. The standard InChI is InChI=1S/C22H29N3O2/c1-16-14-20(21(26)23-17(16)2)22(27)24-19-11-7-13-25(15-19)12-6-10-18-8-4-3-5-9-18/h3-5,8-9,14,19H,6-7,10-13,15H2,1-2H3,(H,23,26)(H,24,27)/t19-/m1/s1. The third-order valence-electron chi connectivity index (χ3n) is 5.37. The number of piperidine rings is 1. The second kappa shape index (κ2) is 9.00. The lowest BCUT2D eigenvalue weighted by atomic mass is 10.0. The molecule has 2 heterocycles. The van der Waals surface area contributed by atoms with Crippen LogP contribution in [0.2, 0.25) is 0 Å². The van der Waals surface area contributed by atoms with Gasteiger partial charge in [-0.05, 0) is 69.8 Å². The average Bonchev–Trinajstić information content (AvgIpc) is 2.66. The van der Waals surface area contributed by atoms with E-state index in [0.29, 0.717) is 0 Å². The van der Waals surface area contributed by atoms with Gasteiger partial charge in [0.1, 0.15) is 5.56 Å². The van der Waals surface area contributed by atoms with Crippen LogP contribution in [0.25, 0.3) is 0 Å². The average molecular weight is 367 g/mol. The lowest BCUT2D eigenvalue weighted by Gasteiger charge is -2.33. The van der Waals surface area contributed by atoms with E-state index in [1.165, 1.54) is 5.56 Å². The zero-order chi connectivity index (χ0) is 19.2. The molecule has 0 spiro atoms. The van der Waals surface area contributed by atoms with Crippen LogP contribution in [0, 0.1) is 13.8 Å². The SMILES string of the molecule is Cc1cc(C(=O)N[C@@H]2CCCN(CCCc3ccccc3)C2)c(=O)[nH]c1C.